The molecule has 0 bridgehead atoms. The lowest BCUT2D eigenvalue weighted by Gasteiger charge is -2.25. The van der Waals surface area contributed by atoms with E-state index >= 15 is 0 Å². The fraction of sp³-hybridized carbons (Fsp3) is 0.194. The van der Waals surface area contributed by atoms with Gasteiger partial charge in [0.15, 0.2) is 16.3 Å². The van der Waals surface area contributed by atoms with Crippen molar-refractivity contribution >= 4 is 46.6 Å². The Morgan fingerprint density at radius 2 is 1.74 bits per heavy atom. The van der Waals surface area contributed by atoms with E-state index in [1.54, 1.807) is 56.5 Å². The van der Waals surface area contributed by atoms with E-state index in [-0.39, 0.29) is 17.7 Å². The van der Waals surface area contributed by atoms with E-state index in [4.69, 9.17) is 42.1 Å². The van der Waals surface area contributed by atoms with Crippen LogP contribution in [0.3, 0.4) is 0 Å². The number of nitrogens with zero attached hydrogens (tertiary/aromatic N) is 2. The Morgan fingerprint density at radius 1 is 1.00 bits per heavy atom. The number of thiazole rings is 1. The second-order valence-corrected chi connectivity index (χ2v) is 11.1. The fourth-order valence-corrected chi connectivity index (χ4v) is 6.14. The van der Waals surface area contributed by atoms with Crippen molar-refractivity contribution in [2.45, 2.75) is 19.6 Å². The minimum atomic E-state index is -0.861. The molecule has 0 aliphatic carbocycles. The van der Waals surface area contributed by atoms with Gasteiger partial charge in [-0.1, -0.05) is 58.8 Å². The lowest BCUT2D eigenvalue weighted by atomic mass is 9.95. The second-order valence-electron chi connectivity index (χ2n) is 9.25. The smallest absolute Gasteiger partial charge is 0.338 e. The topological polar surface area (TPSA) is 88.4 Å². The highest BCUT2D eigenvalue weighted by atomic mass is 35.5. The van der Waals surface area contributed by atoms with Gasteiger partial charge in [-0.05, 0) is 55.0 Å². The van der Waals surface area contributed by atoms with Crippen molar-refractivity contribution in [3.05, 3.63) is 118 Å². The number of methoxy groups -OCH3 is 3. The average molecular weight is 626 g/mol. The Labute approximate surface area is 255 Å². The Morgan fingerprint density at radius 3 is 2.45 bits per heavy atom. The summed E-state index contributed by atoms with van der Waals surface area (Å²) in [5.74, 6) is 0.887. The molecule has 0 fully saturated rings. The van der Waals surface area contributed by atoms with E-state index in [0.29, 0.717) is 53.5 Å². The SMILES string of the molecule is COC(=O)C1=C(C)N=c2s/c(=C\c3ccc(OCc4ccccc4Cl)c(OC)c3)c(=O)n2[C@H]1c1cc(Cl)ccc1OC. The first kappa shape index (κ1) is 29.4. The normalized spacial score (nSPS) is 14.7. The average Bonchev–Trinajstić information content (AvgIpc) is 3.29. The third-order valence-corrected chi connectivity index (χ3v) is 8.33. The molecule has 0 spiro atoms. The van der Waals surface area contributed by atoms with Gasteiger partial charge in [-0.25, -0.2) is 9.79 Å². The lowest BCUT2D eigenvalue weighted by molar-refractivity contribution is -0.136. The molecule has 0 radical (unpaired) electrons. The van der Waals surface area contributed by atoms with Crippen LogP contribution in [0.4, 0.5) is 0 Å². The predicted octanol–water partition coefficient (Wildman–Crippen LogP) is 5.31. The molecule has 0 saturated carbocycles. The number of halogens is 2. The first-order valence-electron chi connectivity index (χ1n) is 12.7. The van der Waals surface area contributed by atoms with E-state index in [2.05, 4.69) is 4.99 Å². The number of fused-ring (bicyclic) bond motifs is 1. The highest BCUT2D eigenvalue weighted by Gasteiger charge is 2.35. The maximum absolute atomic E-state index is 13.9. The Hall–Kier alpha value is -4.05. The number of carbonyl (C=O) groups excluding carboxylic acids is 1. The molecule has 0 saturated heterocycles. The summed E-state index contributed by atoms with van der Waals surface area (Å²) in [4.78, 5) is 31.9. The number of hydrogen-bond acceptors (Lipinski definition) is 8. The summed E-state index contributed by atoms with van der Waals surface area (Å²) in [6.07, 6.45) is 1.74. The Kier molecular flexibility index (Phi) is 8.72. The zero-order chi connectivity index (χ0) is 30.0. The van der Waals surface area contributed by atoms with Crippen LogP contribution in [0.2, 0.25) is 10.0 Å². The molecule has 1 atom stereocenters. The van der Waals surface area contributed by atoms with Gasteiger partial charge in [0.1, 0.15) is 18.4 Å². The summed E-state index contributed by atoms with van der Waals surface area (Å²) >= 11 is 13.8. The summed E-state index contributed by atoms with van der Waals surface area (Å²) in [6.45, 7) is 1.97. The molecule has 11 heteroatoms. The predicted molar refractivity (Wildman–Crippen MR) is 163 cm³/mol. The maximum Gasteiger partial charge on any atom is 0.338 e. The number of aromatic nitrogens is 1. The van der Waals surface area contributed by atoms with Crippen LogP contribution in [0.5, 0.6) is 17.2 Å². The molecule has 0 amide bonds. The zero-order valence-corrected chi connectivity index (χ0v) is 25.5. The first-order chi connectivity index (χ1) is 20.2. The van der Waals surface area contributed by atoms with Gasteiger partial charge in [-0.3, -0.25) is 9.36 Å². The van der Waals surface area contributed by atoms with Crippen molar-refractivity contribution in [2.75, 3.05) is 21.3 Å². The van der Waals surface area contributed by atoms with Crippen LogP contribution in [0.25, 0.3) is 6.08 Å². The molecule has 8 nitrogen and oxygen atoms in total. The summed E-state index contributed by atoms with van der Waals surface area (Å²) in [7, 11) is 4.35. The van der Waals surface area contributed by atoms with E-state index in [0.717, 1.165) is 5.56 Å². The van der Waals surface area contributed by atoms with Gasteiger partial charge in [0.05, 0.1) is 37.1 Å². The number of rotatable bonds is 8. The molecule has 5 rings (SSSR count). The highest BCUT2D eigenvalue weighted by molar-refractivity contribution is 7.07. The summed E-state index contributed by atoms with van der Waals surface area (Å²) in [5, 5.41) is 1.04. The standard InChI is InChI=1S/C31H26Cl2N2O6S/c1-17-27(30(37)40-4)28(21-15-20(32)10-12-23(21)38-2)35-29(36)26(42-31(35)34-17)14-18-9-11-24(25(13-18)39-3)41-16-19-7-5-6-8-22(19)33/h5-15,28H,16H2,1-4H3/b26-14-/t28-/m0/s1. The molecule has 0 N–H and O–H groups in total. The number of benzene rings is 3. The molecular formula is C31H26Cl2N2O6S. The minimum Gasteiger partial charge on any atom is -0.496 e. The Bertz CT molecular complexity index is 1900. The second kappa shape index (κ2) is 12.4. The van der Waals surface area contributed by atoms with Crippen molar-refractivity contribution in [1.82, 2.24) is 4.57 Å². The van der Waals surface area contributed by atoms with Crippen molar-refractivity contribution in [2.24, 2.45) is 4.99 Å². The Balaban J connectivity index is 1.59. The van der Waals surface area contributed by atoms with Crippen LogP contribution in [0.1, 0.15) is 29.7 Å². The van der Waals surface area contributed by atoms with Gasteiger partial charge >= 0.3 is 5.97 Å². The van der Waals surface area contributed by atoms with Crippen LogP contribution < -0.4 is 29.1 Å². The van der Waals surface area contributed by atoms with Crippen LogP contribution in [-0.4, -0.2) is 31.9 Å². The van der Waals surface area contributed by atoms with Crippen molar-refractivity contribution in [3.63, 3.8) is 0 Å². The molecule has 42 heavy (non-hydrogen) atoms. The largest absolute Gasteiger partial charge is 0.496 e. The summed E-state index contributed by atoms with van der Waals surface area (Å²) in [5.41, 5.74) is 2.41. The highest BCUT2D eigenvalue weighted by Crippen LogP contribution is 2.37. The van der Waals surface area contributed by atoms with Crippen molar-refractivity contribution in [3.8, 4) is 17.2 Å². The summed E-state index contributed by atoms with van der Waals surface area (Å²) in [6, 6.07) is 17.0. The van der Waals surface area contributed by atoms with Crippen molar-refractivity contribution < 1.29 is 23.7 Å². The zero-order valence-electron chi connectivity index (χ0n) is 23.1. The molecule has 1 aromatic heterocycles. The quantitative estimate of drug-likeness (QED) is 0.247. The minimum absolute atomic E-state index is 0.221. The van der Waals surface area contributed by atoms with Gasteiger partial charge in [-0.15, -0.1) is 0 Å². The van der Waals surface area contributed by atoms with Crippen LogP contribution in [0.15, 0.2) is 81.7 Å². The van der Waals surface area contributed by atoms with Crippen LogP contribution in [0, 0.1) is 0 Å². The van der Waals surface area contributed by atoms with Crippen molar-refractivity contribution in [1.29, 1.82) is 0 Å². The van der Waals surface area contributed by atoms with Gasteiger partial charge in [-0.2, -0.15) is 0 Å². The molecule has 1 aliphatic heterocycles. The van der Waals surface area contributed by atoms with Gasteiger partial charge in [0.2, 0.25) is 0 Å². The third-order valence-electron chi connectivity index (χ3n) is 6.74. The number of allylic oxidation sites excluding steroid dienone is 1. The monoisotopic (exact) mass is 624 g/mol. The molecule has 3 aromatic carbocycles. The van der Waals surface area contributed by atoms with E-state index in [9.17, 15) is 9.59 Å². The number of carbonyl (C=O) groups is 1. The van der Waals surface area contributed by atoms with E-state index in [1.807, 2.05) is 24.3 Å². The molecule has 2 heterocycles. The molecule has 216 valence electrons. The van der Waals surface area contributed by atoms with Gasteiger partial charge < -0.3 is 18.9 Å². The van der Waals surface area contributed by atoms with E-state index < -0.39 is 12.0 Å². The molecule has 1 aliphatic rings. The number of hydrogen-bond donors (Lipinski definition) is 0. The first-order valence-corrected chi connectivity index (χ1v) is 14.3. The number of esters is 1. The fourth-order valence-electron chi connectivity index (χ4n) is 4.72. The molecule has 0 unspecified atom stereocenters. The third kappa shape index (κ3) is 5.68. The van der Waals surface area contributed by atoms with Gasteiger partial charge in [0.25, 0.3) is 5.56 Å². The maximum atomic E-state index is 13.9. The van der Waals surface area contributed by atoms with Crippen LogP contribution in [-0.2, 0) is 16.1 Å². The molecular weight excluding hydrogens is 599 g/mol. The molecule has 4 aromatic rings. The van der Waals surface area contributed by atoms with Gasteiger partial charge in [0, 0.05) is 21.2 Å². The van der Waals surface area contributed by atoms with E-state index in [1.165, 1.54) is 30.1 Å². The summed E-state index contributed by atoms with van der Waals surface area (Å²) < 4.78 is 24.1. The van der Waals surface area contributed by atoms with Crippen LogP contribution >= 0.6 is 34.5 Å². The number of ether oxygens (including phenoxy) is 4. The lowest BCUT2D eigenvalue weighted by Crippen LogP contribution is -2.40.